The molecular weight excluding hydrogens is 536 g/mol. The van der Waals surface area contributed by atoms with Gasteiger partial charge in [-0.2, -0.15) is 0 Å². The molecule has 41 heavy (non-hydrogen) atoms. The molecule has 0 aliphatic heterocycles. The first-order valence-electron chi connectivity index (χ1n) is 14.1. The molecule has 10 heteroatoms. The lowest BCUT2D eigenvalue weighted by Crippen LogP contribution is -2.27. The first-order chi connectivity index (χ1) is 19.4. The molecule has 0 saturated heterocycles. The van der Waals surface area contributed by atoms with Crippen LogP contribution in [0.3, 0.4) is 0 Å². The van der Waals surface area contributed by atoms with Crippen LogP contribution in [0.1, 0.15) is 69.0 Å². The first-order valence-corrected chi connectivity index (χ1v) is 14.9. The van der Waals surface area contributed by atoms with Gasteiger partial charge in [-0.05, 0) is 74.3 Å². The highest BCUT2D eigenvalue weighted by atomic mass is 32.1. The first kappa shape index (κ1) is 32.0. The molecule has 0 saturated carbocycles. The monoisotopic (exact) mass is 580 g/mol. The maximum absolute atomic E-state index is 12.2. The Bertz CT molecular complexity index is 1270. The molecule has 1 aromatic heterocycles. The highest BCUT2D eigenvalue weighted by Crippen LogP contribution is 2.21. The Morgan fingerprint density at radius 3 is 2.76 bits per heavy atom. The van der Waals surface area contributed by atoms with Crippen LogP contribution in [0.5, 0.6) is 0 Å². The highest BCUT2D eigenvalue weighted by Gasteiger charge is 2.15. The number of anilines is 1. The molecule has 8 N–H and O–H groups in total. The summed E-state index contributed by atoms with van der Waals surface area (Å²) in [7, 11) is 0. The van der Waals surface area contributed by atoms with Gasteiger partial charge in [-0.15, -0.1) is 10.2 Å². The number of carbonyl (C=O) groups excluding carboxylic acids is 1. The highest BCUT2D eigenvalue weighted by molar-refractivity contribution is 7.15. The molecule has 2 aromatic rings. The molecule has 1 aliphatic carbocycles. The third kappa shape index (κ3) is 12.7. The van der Waals surface area contributed by atoms with Crippen molar-refractivity contribution in [3.05, 3.63) is 87.9 Å². The lowest BCUT2D eigenvalue weighted by Gasteiger charge is -2.18. The lowest BCUT2D eigenvalue weighted by atomic mass is 9.96. The molecule has 3 rings (SSSR count). The topological polar surface area (TPSA) is 159 Å². The van der Waals surface area contributed by atoms with Crippen LogP contribution in [0.4, 0.5) is 5.13 Å². The lowest BCUT2D eigenvalue weighted by molar-refractivity contribution is -0.119. The minimum Gasteiger partial charge on any atom is -0.402 e. The molecule has 1 aromatic carbocycles. The third-order valence-electron chi connectivity index (χ3n) is 6.38. The average molecular weight is 581 g/mol. The number of hydrogen-bond acceptors (Lipinski definition) is 9. The minimum atomic E-state index is -0.798. The zero-order valence-electron chi connectivity index (χ0n) is 24.3. The Balaban J connectivity index is 1.35. The molecule has 1 aliphatic rings. The van der Waals surface area contributed by atoms with E-state index >= 15 is 0 Å². The molecule has 1 heterocycles. The number of rotatable bonds is 15. The fourth-order valence-electron chi connectivity index (χ4n) is 4.55. The predicted octanol–water partition coefficient (Wildman–Crippen LogP) is 4.21. The van der Waals surface area contributed by atoms with Crippen LogP contribution in [-0.2, 0) is 24.1 Å². The van der Waals surface area contributed by atoms with Gasteiger partial charge in [-0.25, -0.2) is 0 Å². The number of aliphatic hydroxyl groups excluding tert-OH is 1. The number of aryl methyl sites for hydroxylation is 1. The van der Waals surface area contributed by atoms with Crippen LogP contribution in [-0.4, -0.2) is 38.1 Å². The van der Waals surface area contributed by atoms with Crippen LogP contribution < -0.4 is 22.1 Å². The minimum absolute atomic E-state index is 0.148. The van der Waals surface area contributed by atoms with Gasteiger partial charge < -0.3 is 32.3 Å². The quantitative estimate of drug-likeness (QED) is 0.104. The van der Waals surface area contributed by atoms with Gasteiger partial charge in [0.25, 0.3) is 0 Å². The van der Waals surface area contributed by atoms with Crippen molar-refractivity contribution in [1.29, 1.82) is 0 Å². The second kappa shape index (κ2) is 15.5. The van der Waals surface area contributed by atoms with Crippen LogP contribution in [0.2, 0.25) is 0 Å². The summed E-state index contributed by atoms with van der Waals surface area (Å²) in [6.07, 6.45) is 14.2. The van der Waals surface area contributed by atoms with E-state index < -0.39 is 11.8 Å². The zero-order chi connectivity index (χ0) is 29.8. The Labute approximate surface area is 247 Å². The van der Waals surface area contributed by atoms with Gasteiger partial charge in [0, 0.05) is 25.0 Å². The number of amides is 1. The largest absolute Gasteiger partial charge is 0.402 e. The summed E-state index contributed by atoms with van der Waals surface area (Å²) in [5, 5.41) is 36.1. The van der Waals surface area contributed by atoms with Gasteiger partial charge in [0.1, 0.15) is 17.1 Å². The van der Waals surface area contributed by atoms with Gasteiger partial charge in [-0.3, -0.25) is 4.79 Å². The normalized spacial score (nSPS) is 16.8. The number of aliphatic hydroxyl groups is 2. The van der Waals surface area contributed by atoms with Crippen molar-refractivity contribution in [3.63, 3.8) is 0 Å². The van der Waals surface area contributed by atoms with Crippen molar-refractivity contribution in [1.82, 2.24) is 15.5 Å². The summed E-state index contributed by atoms with van der Waals surface area (Å²) in [5.41, 5.74) is 15.0. The van der Waals surface area contributed by atoms with Gasteiger partial charge in [0.2, 0.25) is 11.0 Å². The Morgan fingerprint density at radius 2 is 2.00 bits per heavy atom. The van der Waals surface area contributed by atoms with E-state index in [2.05, 4.69) is 39.9 Å². The number of benzene rings is 1. The molecule has 2 atom stereocenters. The van der Waals surface area contributed by atoms with Crippen LogP contribution in [0.25, 0.3) is 0 Å². The molecular formula is C31H44N6O3S. The zero-order valence-corrected chi connectivity index (χ0v) is 25.1. The second-order valence-electron chi connectivity index (χ2n) is 11.3. The van der Waals surface area contributed by atoms with E-state index in [-0.39, 0.29) is 11.7 Å². The Kier molecular flexibility index (Phi) is 12.1. The van der Waals surface area contributed by atoms with Gasteiger partial charge >= 0.3 is 0 Å². The summed E-state index contributed by atoms with van der Waals surface area (Å²) in [6, 6.07) is 7.87. The number of nitrogens with one attached hydrogen (secondary N) is 2. The number of nitrogens with zero attached hydrogens (tertiary/aromatic N) is 2. The Morgan fingerprint density at radius 1 is 1.22 bits per heavy atom. The smallest absolute Gasteiger partial charge is 0.229 e. The molecule has 0 fully saturated rings. The average Bonchev–Trinajstić information content (AvgIpc) is 3.31. The number of nitrogens with two attached hydrogens (primary N) is 2. The SMILES string of the molecule is CC1C=C(CC(=O)N/C(N)=C/C=C(\N)CCCCc2nnc(NC(O)Cc3cccc(CC(C)(C)O)c3)s2)C=CC1. The number of allylic oxidation sites excluding steroid dienone is 6. The molecule has 2 unspecified atom stereocenters. The van der Waals surface area contributed by atoms with Gasteiger partial charge in [0.05, 0.1) is 12.0 Å². The van der Waals surface area contributed by atoms with Crippen molar-refractivity contribution in [2.24, 2.45) is 17.4 Å². The van der Waals surface area contributed by atoms with E-state index in [4.69, 9.17) is 11.5 Å². The molecule has 9 nitrogen and oxygen atoms in total. The Hall–Kier alpha value is -3.47. The molecule has 0 radical (unpaired) electrons. The summed E-state index contributed by atoms with van der Waals surface area (Å²) in [6.45, 7) is 5.69. The van der Waals surface area contributed by atoms with Crippen molar-refractivity contribution in [2.45, 2.75) is 84.0 Å². The van der Waals surface area contributed by atoms with E-state index in [0.29, 0.717) is 42.4 Å². The standard InChI is InChI=1S/C31H44N6O3S/c1-21-8-6-9-22(16-21)18-27(38)34-26(33)15-14-25(32)12-4-5-13-29-36-37-30(41-29)35-28(39)19-23-10-7-11-24(17-23)20-31(2,3)40/h6-7,9-11,14-17,21,28,39-40H,4-5,8,12-13,18-20,32-33H2,1-3H3,(H,34,38)(H,35,37)/b25-14-,26-15+. The van der Waals surface area contributed by atoms with E-state index in [1.807, 2.05) is 30.3 Å². The summed E-state index contributed by atoms with van der Waals surface area (Å²) in [4.78, 5) is 12.2. The van der Waals surface area contributed by atoms with Crippen LogP contribution >= 0.6 is 11.3 Å². The number of aromatic nitrogens is 2. The maximum Gasteiger partial charge on any atom is 0.229 e. The number of carbonyl (C=O) groups is 1. The molecule has 0 bridgehead atoms. The molecule has 222 valence electrons. The fourth-order valence-corrected chi connectivity index (χ4v) is 5.38. The predicted molar refractivity (Wildman–Crippen MR) is 166 cm³/mol. The maximum atomic E-state index is 12.2. The van der Waals surface area contributed by atoms with Crippen molar-refractivity contribution in [3.8, 4) is 0 Å². The summed E-state index contributed by atoms with van der Waals surface area (Å²) in [5.74, 6) is 0.567. The van der Waals surface area contributed by atoms with Crippen LogP contribution in [0, 0.1) is 5.92 Å². The van der Waals surface area contributed by atoms with Crippen molar-refractivity contribution >= 4 is 22.4 Å². The van der Waals surface area contributed by atoms with Crippen LogP contribution in [0.15, 0.2) is 71.7 Å². The number of unbranched alkanes of at least 4 members (excludes halogenated alkanes) is 1. The van der Waals surface area contributed by atoms with Crippen molar-refractivity contribution in [2.75, 3.05) is 5.32 Å². The third-order valence-corrected chi connectivity index (χ3v) is 7.30. The number of hydrogen-bond donors (Lipinski definition) is 6. The van der Waals surface area contributed by atoms with Gasteiger partial charge in [0.15, 0.2) is 0 Å². The summed E-state index contributed by atoms with van der Waals surface area (Å²) >= 11 is 1.43. The molecule has 0 spiro atoms. The van der Waals surface area contributed by atoms with E-state index in [9.17, 15) is 15.0 Å². The second-order valence-corrected chi connectivity index (χ2v) is 12.4. The van der Waals surface area contributed by atoms with E-state index in [1.54, 1.807) is 26.0 Å². The van der Waals surface area contributed by atoms with E-state index in [1.165, 1.54) is 11.3 Å². The summed E-state index contributed by atoms with van der Waals surface area (Å²) < 4.78 is 0. The molecule has 1 amide bonds. The van der Waals surface area contributed by atoms with Crippen molar-refractivity contribution < 1.29 is 15.0 Å². The fraction of sp³-hybridized carbons (Fsp3) is 0.452. The van der Waals surface area contributed by atoms with E-state index in [0.717, 1.165) is 47.4 Å². The van der Waals surface area contributed by atoms with Gasteiger partial charge in [-0.1, -0.05) is 60.8 Å².